The molecule has 2 aromatic heterocycles. The average Bonchev–Trinajstić information content (AvgIpc) is 3.40. The molecule has 1 fully saturated rings. The normalized spacial score (nSPS) is 14.0. The number of piperidine rings is 1. The van der Waals surface area contributed by atoms with Gasteiger partial charge in [0.25, 0.3) is 0 Å². The third-order valence-electron chi connectivity index (χ3n) is 8.53. The molecule has 0 bridgehead atoms. The van der Waals surface area contributed by atoms with Gasteiger partial charge in [-0.25, -0.2) is 27.9 Å². The molecule has 52 heavy (non-hydrogen) atoms. The molecule has 0 atom stereocenters. The number of nitrogen functional groups attached to an aromatic ring is 1. The Bertz CT molecular complexity index is 1990. The van der Waals surface area contributed by atoms with Crippen LogP contribution < -0.4 is 16.4 Å². The second kappa shape index (κ2) is 15.0. The first-order valence-corrected chi connectivity index (χ1v) is 15.9. The summed E-state index contributed by atoms with van der Waals surface area (Å²) in [6.07, 6.45) is -3.22. The van der Waals surface area contributed by atoms with Crippen molar-refractivity contribution in [2.24, 2.45) is 0 Å². The maximum Gasteiger partial charge on any atom is 0.416 e. The first-order chi connectivity index (χ1) is 24.5. The monoisotopic (exact) mass is 733 g/mol. The van der Waals surface area contributed by atoms with Crippen LogP contribution in [0.2, 0.25) is 0 Å². The van der Waals surface area contributed by atoms with Crippen LogP contribution in [0.15, 0.2) is 42.7 Å². The van der Waals surface area contributed by atoms with Crippen molar-refractivity contribution in [1.82, 2.24) is 19.5 Å². The average molecular weight is 734 g/mol. The number of nitrogens with zero attached hydrogens (tertiary/aromatic N) is 4. The van der Waals surface area contributed by atoms with E-state index in [-0.39, 0.29) is 30.5 Å². The van der Waals surface area contributed by atoms with Gasteiger partial charge in [-0.05, 0) is 62.6 Å². The number of alkyl halides is 3. The van der Waals surface area contributed by atoms with Crippen molar-refractivity contribution in [3.63, 3.8) is 0 Å². The van der Waals surface area contributed by atoms with Crippen LogP contribution in [-0.4, -0.2) is 70.5 Å². The highest BCUT2D eigenvalue weighted by atomic mass is 19.4. The van der Waals surface area contributed by atoms with Gasteiger partial charge in [0.15, 0.2) is 5.82 Å². The highest BCUT2D eigenvalue weighted by Crippen LogP contribution is 2.42. The number of urea groups is 1. The molecule has 0 aliphatic carbocycles. The number of fused-ring (bicyclic) bond motifs is 1. The van der Waals surface area contributed by atoms with Gasteiger partial charge in [-0.1, -0.05) is 6.07 Å². The van der Waals surface area contributed by atoms with Crippen molar-refractivity contribution in [2.45, 2.75) is 57.4 Å². The Balaban J connectivity index is 1.40. The van der Waals surface area contributed by atoms with Crippen LogP contribution >= 0.6 is 0 Å². The molecule has 0 radical (unpaired) electrons. The zero-order chi connectivity index (χ0) is 38.0. The molecule has 1 aliphatic rings. The number of hydrogen-bond acceptors (Lipinski definition) is 9. The van der Waals surface area contributed by atoms with Gasteiger partial charge >= 0.3 is 24.3 Å². The number of carbonyl (C=O) groups is 3. The molecule has 3 heterocycles. The van der Waals surface area contributed by atoms with Crippen molar-refractivity contribution in [3.05, 3.63) is 71.2 Å². The Labute approximate surface area is 294 Å². The predicted octanol–water partition coefficient (Wildman–Crippen LogP) is 6.72. The molecule has 278 valence electrons. The number of halogens is 5. The number of ether oxygens (including phenoxy) is 3. The molecule has 1 saturated heterocycles. The molecular weight excluding hydrogens is 697 g/mol. The van der Waals surface area contributed by atoms with E-state index in [4.69, 9.17) is 19.9 Å². The number of nitrogens with one attached hydrogen (secondary N) is 2. The molecule has 3 amide bonds. The lowest BCUT2D eigenvalue weighted by molar-refractivity contribution is -0.145. The smallest absolute Gasteiger partial charge is 0.416 e. The lowest BCUT2D eigenvalue weighted by Gasteiger charge is -2.34. The van der Waals surface area contributed by atoms with Crippen LogP contribution in [0.5, 0.6) is 0 Å². The zero-order valence-corrected chi connectivity index (χ0v) is 28.6. The van der Waals surface area contributed by atoms with Gasteiger partial charge in [-0.2, -0.15) is 18.3 Å². The lowest BCUT2D eigenvalue weighted by Crippen LogP contribution is -2.43. The molecule has 5 rings (SSSR count). The molecule has 2 aromatic carbocycles. The van der Waals surface area contributed by atoms with Crippen molar-refractivity contribution >= 4 is 40.8 Å². The summed E-state index contributed by atoms with van der Waals surface area (Å²) in [5, 5.41) is 8.62. The van der Waals surface area contributed by atoms with E-state index in [1.165, 1.54) is 32.7 Å². The molecule has 4 aromatic rings. The Morgan fingerprint density at radius 1 is 0.981 bits per heavy atom. The maximum atomic E-state index is 15.6. The van der Waals surface area contributed by atoms with E-state index >= 15 is 4.39 Å². The number of carbonyl (C=O) groups excluding carboxylic acids is 3. The first-order valence-electron chi connectivity index (χ1n) is 15.9. The minimum Gasteiger partial charge on any atom is -0.469 e. The predicted molar refractivity (Wildman–Crippen MR) is 178 cm³/mol. The van der Waals surface area contributed by atoms with Gasteiger partial charge in [0, 0.05) is 37.2 Å². The Hall–Kier alpha value is -5.52. The van der Waals surface area contributed by atoms with E-state index in [2.05, 4.69) is 15.4 Å². The van der Waals surface area contributed by atoms with E-state index in [0.29, 0.717) is 72.0 Å². The van der Waals surface area contributed by atoms with Crippen LogP contribution in [0, 0.1) is 11.6 Å². The largest absolute Gasteiger partial charge is 0.469 e. The van der Waals surface area contributed by atoms with Gasteiger partial charge in [-0.15, -0.1) is 0 Å². The van der Waals surface area contributed by atoms with Crippen LogP contribution in [0.4, 0.5) is 48.7 Å². The Morgan fingerprint density at radius 3 is 2.31 bits per heavy atom. The summed E-state index contributed by atoms with van der Waals surface area (Å²) < 4.78 is 86.6. The van der Waals surface area contributed by atoms with Crippen molar-refractivity contribution in [1.29, 1.82) is 0 Å². The Morgan fingerprint density at radius 2 is 1.67 bits per heavy atom. The fourth-order valence-corrected chi connectivity index (χ4v) is 6.14. The lowest BCUT2D eigenvalue weighted by atomic mass is 9.89. The summed E-state index contributed by atoms with van der Waals surface area (Å²) in [7, 11) is 2.74. The SMILES string of the molecule is COCc1c(-c2ccc(NC(=O)Nc3cc(C(F)(F)F)ccc3F)c(F)c2)c2c(N)ncnn2c1C1CCN(C(=O)OC(C)(C)CC(=O)OC)CC1. The van der Waals surface area contributed by atoms with Gasteiger partial charge < -0.3 is 35.5 Å². The second-order valence-corrected chi connectivity index (χ2v) is 12.7. The van der Waals surface area contributed by atoms with E-state index in [9.17, 15) is 31.9 Å². The van der Waals surface area contributed by atoms with Crippen molar-refractivity contribution in [3.8, 4) is 11.1 Å². The highest BCUT2D eigenvalue weighted by molar-refractivity contribution is 6.00. The number of likely N-dealkylation sites (tertiary alicyclic amines) is 1. The summed E-state index contributed by atoms with van der Waals surface area (Å²) in [4.78, 5) is 43.0. The van der Waals surface area contributed by atoms with Crippen LogP contribution in [-0.2, 0) is 31.8 Å². The van der Waals surface area contributed by atoms with Crippen LogP contribution in [0.3, 0.4) is 0 Å². The highest BCUT2D eigenvalue weighted by Gasteiger charge is 2.35. The van der Waals surface area contributed by atoms with Gasteiger partial charge in [0.05, 0.1) is 42.8 Å². The molecule has 18 heteroatoms. The number of nitrogens with two attached hydrogens (primary N) is 1. The van der Waals surface area contributed by atoms with E-state index in [1.807, 2.05) is 5.32 Å². The van der Waals surface area contributed by atoms with Gasteiger partial charge in [0.1, 0.15) is 29.1 Å². The molecule has 4 N–H and O–H groups in total. The third kappa shape index (κ3) is 8.17. The molecular formula is C34H36F5N7O6. The topological polar surface area (TPSA) is 162 Å². The minimum atomic E-state index is -4.78. The van der Waals surface area contributed by atoms with E-state index in [1.54, 1.807) is 23.3 Å². The van der Waals surface area contributed by atoms with Crippen LogP contribution in [0.1, 0.15) is 55.8 Å². The molecule has 0 spiro atoms. The number of amides is 3. The molecule has 13 nitrogen and oxygen atoms in total. The first kappa shape index (κ1) is 37.7. The van der Waals surface area contributed by atoms with Gasteiger partial charge in [-0.3, -0.25) is 4.79 Å². The third-order valence-corrected chi connectivity index (χ3v) is 8.53. The fraction of sp³-hybridized carbons (Fsp3) is 0.382. The summed E-state index contributed by atoms with van der Waals surface area (Å²) in [6, 6.07) is 4.19. The number of aromatic nitrogens is 3. The minimum absolute atomic E-state index is 0.0595. The second-order valence-electron chi connectivity index (χ2n) is 12.7. The maximum absolute atomic E-state index is 15.6. The molecule has 0 saturated carbocycles. The fourth-order valence-electron chi connectivity index (χ4n) is 6.14. The number of esters is 1. The van der Waals surface area contributed by atoms with Crippen molar-refractivity contribution < 1.29 is 50.5 Å². The number of hydrogen-bond donors (Lipinski definition) is 3. The summed E-state index contributed by atoms with van der Waals surface area (Å²) in [6.45, 7) is 3.92. The summed E-state index contributed by atoms with van der Waals surface area (Å²) >= 11 is 0. The summed E-state index contributed by atoms with van der Waals surface area (Å²) in [5.41, 5.74) is 5.48. The quantitative estimate of drug-likeness (QED) is 0.125. The van der Waals surface area contributed by atoms with Crippen LogP contribution in [0.25, 0.3) is 16.6 Å². The summed E-state index contributed by atoms with van der Waals surface area (Å²) in [5.74, 6) is -2.63. The molecule has 1 aliphatic heterocycles. The standard InChI is InChI=1S/C34H36F5N7O6/c1-33(2,15-26(47)51-4)52-32(49)45-11-9-18(10-12-45)28-21(16-50-3)27(29-30(40)41-17-42-46(28)29)19-5-8-24(23(36)13-19)43-31(48)44-25-14-20(34(37,38)39)6-7-22(25)35/h5-8,13-14,17-18H,9-12,15-16H2,1-4H3,(H2,40,41,42)(H2,43,44,48). The number of methoxy groups -OCH3 is 2. The van der Waals surface area contributed by atoms with Crippen molar-refractivity contribution in [2.75, 3.05) is 43.7 Å². The number of benzene rings is 2. The van der Waals surface area contributed by atoms with E-state index < -0.39 is 52.8 Å². The molecule has 0 unspecified atom stereocenters. The zero-order valence-electron chi connectivity index (χ0n) is 28.6. The van der Waals surface area contributed by atoms with E-state index in [0.717, 1.165) is 6.07 Å². The van der Waals surface area contributed by atoms with Gasteiger partial charge in [0.2, 0.25) is 0 Å². The Kier molecular flexibility index (Phi) is 10.9. The number of anilines is 3. The number of rotatable bonds is 9.